The number of aromatic nitrogens is 2. The Bertz CT molecular complexity index is 996. The Morgan fingerprint density at radius 2 is 1.96 bits per heavy atom. The second-order valence-electron chi connectivity index (χ2n) is 5.63. The van der Waals surface area contributed by atoms with E-state index in [1.807, 2.05) is 35.9 Å². The Balaban J connectivity index is 1.74. The van der Waals surface area contributed by atoms with Crippen molar-refractivity contribution in [2.75, 3.05) is 6.54 Å². The van der Waals surface area contributed by atoms with Crippen LogP contribution in [0.25, 0.3) is 11.0 Å². The first kappa shape index (κ1) is 16.6. The van der Waals surface area contributed by atoms with Gasteiger partial charge in [-0.2, -0.15) is 0 Å². The third kappa shape index (κ3) is 3.18. The third-order valence-corrected chi connectivity index (χ3v) is 5.57. The normalized spacial score (nSPS) is 12.0. The van der Waals surface area contributed by atoms with Gasteiger partial charge in [0, 0.05) is 20.0 Å². The second kappa shape index (κ2) is 6.33. The van der Waals surface area contributed by atoms with Crippen molar-refractivity contribution < 1.29 is 12.8 Å². The maximum absolute atomic E-state index is 13.1. The number of hydrogen-bond acceptors (Lipinski definition) is 3. The highest BCUT2D eigenvalue weighted by Gasteiger charge is 2.17. The number of imidazole rings is 1. The van der Waals surface area contributed by atoms with E-state index >= 15 is 0 Å². The van der Waals surface area contributed by atoms with Crippen molar-refractivity contribution >= 4 is 21.1 Å². The van der Waals surface area contributed by atoms with Gasteiger partial charge in [-0.05, 0) is 42.8 Å². The van der Waals surface area contributed by atoms with Crippen LogP contribution in [0.2, 0.25) is 0 Å². The molecule has 0 aliphatic heterocycles. The largest absolute Gasteiger partial charge is 0.331 e. The zero-order valence-corrected chi connectivity index (χ0v) is 14.3. The number of para-hydroxylation sites is 2. The van der Waals surface area contributed by atoms with Crippen molar-refractivity contribution in [3.05, 3.63) is 59.7 Å². The van der Waals surface area contributed by atoms with Gasteiger partial charge in [-0.1, -0.05) is 12.1 Å². The van der Waals surface area contributed by atoms with Gasteiger partial charge in [0.05, 0.1) is 15.9 Å². The van der Waals surface area contributed by atoms with Gasteiger partial charge in [0.1, 0.15) is 11.6 Å². The first-order valence-corrected chi connectivity index (χ1v) is 9.03. The summed E-state index contributed by atoms with van der Waals surface area (Å²) >= 11 is 0. The molecule has 126 valence electrons. The minimum absolute atomic E-state index is 0.0916. The van der Waals surface area contributed by atoms with Crippen LogP contribution < -0.4 is 4.72 Å². The van der Waals surface area contributed by atoms with Crippen LogP contribution in [-0.2, 0) is 23.5 Å². The third-order valence-electron chi connectivity index (χ3n) is 3.95. The van der Waals surface area contributed by atoms with E-state index in [0.29, 0.717) is 12.0 Å². The molecule has 0 radical (unpaired) electrons. The number of sulfonamides is 1. The second-order valence-corrected chi connectivity index (χ2v) is 7.37. The Morgan fingerprint density at radius 3 is 2.67 bits per heavy atom. The minimum atomic E-state index is -3.67. The molecule has 2 aromatic carbocycles. The van der Waals surface area contributed by atoms with Crippen LogP contribution in [0.15, 0.2) is 47.4 Å². The Morgan fingerprint density at radius 1 is 1.21 bits per heavy atom. The van der Waals surface area contributed by atoms with Crippen LogP contribution in [0.4, 0.5) is 4.39 Å². The van der Waals surface area contributed by atoms with Gasteiger partial charge in [-0.15, -0.1) is 0 Å². The van der Waals surface area contributed by atoms with Crippen LogP contribution in [-0.4, -0.2) is 24.5 Å². The predicted molar refractivity (Wildman–Crippen MR) is 90.7 cm³/mol. The fraction of sp³-hybridized carbons (Fsp3) is 0.235. The summed E-state index contributed by atoms with van der Waals surface area (Å²) in [5.41, 5.74) is 2.27. The summed E-state index contributed by atoms with van der Waals surface area (Å²) in [6.45, 7) is 1.79. The summed E-state index contributed by atoms with van der Waals surface area (Å²) < 4.78 is 42.3. The highest BCUT2D eigenvalue weighted by molar-refractivity contribution is 7.89. The molecule has 0 unspecified atom stereocenters. The lowest BCUT2D eigenvalue weighted by Gasteiger charge is -2.09. The molecule has 5 nitrogen and oxygen atoms in total. The molecule has 0 amide bonds. The molecular weight excluding hydrogens is 329 g/mol. The molecule has 1 heterocycles. The minimum Gasteiger partial charge on any atom is -0.331 e. The van der Waals surface area contributed by atoms with Crippen molar-refractivity contribution in [1.82, 2.24) is 14.3 Å². The zero-order valence-electron chi connectivity index (χ0n) is 13.5. The monoisotopic (exact) mass is 347 g/mol. The number of nitrogens with one attached hydrogen (secondary N) is 1. The molecule has 1 N–H and O–H groups in total. The quantitative estimate of drug-likeness (QED) is 0.771. The average Bonchev–Trinajstić information content (AvgIpc) is 2.84. The van der Waals surface area contributed by atoms with Crippen LogP contribution in [0.1, 0.15) is 11.4 Å². The average molecular weight is 347 g/mol. The predicted octanol–water partition coefficient (Wildman–Crippen LogP) is 2.54. The number of hydrogen-bond donors (Lipinski definition) is 1. The number of halogens is 1. The standard InChI is InChI=1S/C17H18FN3O2S/c1-12-11-13(18)7-8-16(12)24(22,23)19-10-9-17-20-14-5-3-4-6-15(14)21(17)2/h3-8,11,19H,9-10H2,1-2H3. The lowest BCUT2D eigenvalue weighted by molar-refractivity contribution is 0.578. The maximum Gasteiger partial charge on any atom is 0.240 e. The van der Waals surface area contributed by atoms with Gasteiger partial charge in [-0.3, -0.25) is 0 Å². The van der Waals surface area contributed by atoms with E-state index < -0.39 is 15.8 Å². The van der Waals surface area contributed by atoms with E-state index in [4.69, 9.17) is 0 Å². The molecule has 0 spiro atoms. The van der Waals surface area contributed by atoms with E-state index in [1.54, 1.807) is 6.92 Å². The van der Waals surface area contributed by atoms with Crippen molar-refractivity contribution in [3.63, 3.8) is 0 Å². The molecule has 3 aromatic rings. The fourth-order valence-corrected chi connectivity index (χ4v) is 3.96. The molecule has 7 heteroatoms. The number of aryl methyl sites for hydroxylation is 2. The highest BCUT2D eigenvalue weighted by atomic mass is 32.2. The molecule has 0 atom stereocenters. The van der Waals surface area contributed by atoms with Gasteiger partial charge in [-0.25, -0.2) is 22.5 Å². The molecule has 0 saturated heterocycles. The summed E-state index contributed by atoms with van der Waals surface area (Å²) in [5, 5.41) is 0. The van der Waals surface area contributed by atoms with Gasteiger partial charge in [0.2, 0.25) is 10.0 Å². The lowest BCUT2D eigenvalue weighted by atomic mass is 10.2. The Kier molecular flexibility index (Phi) is 4.38. The van der Waals surface area contributed by atoms with Crippen LogP contribution in [0, 0.1) is 12.7 Å². The van der Waals surface area contributed by atoms with Gasteiger partial charge < -0.3 is 4.57 Å². The van der Waals surface area contributed by atoms with Crippen molar-refractivity contribution in [1.29, 1.82) is 0 Å². The first-order chi connectivity index (χ1) is 11.4. The summed E-state index contributed by atoms with van der Waals surface area (Å²) in [7, 11) is -1.77. The number of rotatable bonds is 5. The summed E-state index contributed by atoms with van der Waals surface area (Å²) in [6, 6.07) is 11.4. The fourth-order valence-electron chi connectivity index (χ4n) is 2.71. The van der Waals surface area contributed by atoms with E-state index in [9.17, 15) is 12.8 Å². The molecule has 24 heavy (non-hydrogen) atoms. The van der Waals surface area contributed by atoms with Crippen LogP contribution in [0.5, 0.6) is 0 Å². The van der Waals surface area contributed by atoms with Crippen LogP contribution in [0.3, 0.4) is 0 Å². The summed E-state index contributed by atoms with van der Waals surface area (Å²) in [4.78, 5) is 4.60. The molecule has 0 fully saturated rings. The van der Waals surface area contributed by atoms with E-state index in [2.05, 4.69) is 9.71 Å². The molecule has 1 aromatic heterocycles. The topological polar surface area (TPSA) is 64.0 Å². The molecule has 0 aliphatic carbocycles. The van der Waals surface area contributed by atoms with Crippen LogP contribution >= 0.6 is 0 Å². The van der Waals surface area contributed by atoms with Gasteiger partial charge in [0.25, 0.3) is 0 Å². The molecular formula is C17H18FN3O2S. The SMILES string of the molecule is Cc1cc(F)ccc1S(=O)(=O)NCCc1nc2ccccc2n1C. The van der Waals surface area contributed by atoms with E-state index in [-0.39, 0.29) is 11.4 Å². The van der Waals surface area contributed by atoms with Crippen molar-refractivity contribution in [3.8, 4) is 0 Å². The molecule has 0 aliphatic rings. The number of fused-ring (bicyclic) bond motifs is 1. The smallest absolute Gasteiger partial charge is 0.240 e. The first-order valence-electron chi connectivity index (χ1n) is 7.54. The Labute approximate surface area is 140 Å². The lowest BCUT2D eigenvalue weighted by Crippen LogP contribution is -2.27. The molecule has 0 bridgehead atoms. The van der Waals surface area contributed by atoms with Gasteiger partial charge >= 0.3 is 0 Å². The summed E-state index contributed by atoms with van der Waals surface area (Å²) in [6.07, 6.45) is 0.463. The molecule has 3 rings (SSSR count). The number of benzene rings is 2. The molecule has 0 saturated carbocycles. The van der Waals surface area contributed by atoms with Gasteiger partial charge in [0.15, 0.2) is 0 Å². The summed E-state index contributed by atoms with van der Waals surface area (Å²) in [5.74, 6) is 0.348. The van der Waals surface area contributed by atoms with E-state index in [1.165, 1.54) is 12.1 Å². The highest BCUT2D eigenvalue weighted by Crippen LogP contribution is 2.17. The van der Waals surface area contributed by atoms with E-state index in [0.717, 1.165) is 22.9 Å². The van der Waals surface area contributed by atoms with Crippen molar-refractivity contribution in [2.45, 2.75) is 18.2 Å². The van der Waals surface area contributed by atoms with Crippen molar-refractivity contribution in [2.24, 2.45) is 7.05 Å². The maximum atomic E-state index is 13.1. The zero-order chi connectivity index (χ0) is 17.3. The Hall–Kier alpha value is -2.25. The number of nitrogens with zero attached hydrogens (tertiary/aromatic N) is 2.